The number of rotatable bonds is 6. The average molecular weight is 377 g/mol. The van der Waals surface area contributed by atoms with Gasteiger partial charge in [0, 0.05) is 43.8 Å². The molecule has 1 unspecified atom stereocenters. The van der Waals surface area contributed by atoms with Gasteiger partial charge in [-0.05, 0) is 19.1 Å². The Labute approximate surface area is 151 Å². The number of halogens is 2. The van der Waals surface area contributed by atoms with Crippen molar-refractivity contribution in [1.82, 2.24) is 9.80 Å². The van der Waals surface area contributed by atoms with Gasteiger partial charge in [0.2, 0.25) is 0 Å². The van der Waals surface area contributed by atoms with Gasteiger partial charge in [0.25, 0.3) is 0 Å². The van der Waals surface area contributed by atoms with Crippen molar-refractivity contribution in [2.75, 3.05) is 45.9 Å². The zero-order valence-corrected chi connectivity index (χ0v) is 15.1. The molecule has 1 fully saturated rings. The molecule has 6 nitrogen and oxygen atoms in total. The Balaban J connectivity index is 1.72. The first-order valence-corrected chi connectivity index (χ1v) is 8.65. The fourth-order valence-corrected chi connectivity index (χ4v) is 2.79. The standard InChI is InChI=1S/C16H22Cl2N2O4/c1-2-23-16(22)20-7-5-19(6-8-20)10-13(21)11-24-15-9-12(17)3-4-14(15)18/h3-4,9,13,21H,2,5-8,10-11H2,1H3. The van der Waals surface area contributed by atoms with Gasteiger partial charge in [-0.25, -0.2) is 4.79 Å². The topological polar surface area (TPSA) is 62.2 Å². The molecule has 1 saturated heterocycles. The normalized spacial score (nSPS) is 16.8. The third kappa shape index (κ3) is 5.70. The molecule has 1 atom stereocenters. The zero-order chi connectivity index (χ0) is 17.5. The molecule has 0 bridgehead atoms. The Hall–Kier alpha value is -1.21. The van der Waals surface area contributed by atoms with E-state index in [-0.39, 0.29) is 12.7 Å². The predicted octanol–water partition coefficient (Wildman–Crippen LogP) is 2.51. The summed E-state index contributed by atoms with van der Waals surface area (Å²) in [6.45, 7) is 5.31. The smallest absolute Gasteiger partial charge is 0.409 e. The lowest BCUT2D eigenvalue weighted by Gasteiger charge is -2.34. The van der Waals surface area contributed by atoms with Crippen LogP contribution in [0.2, 0.25) is 10.0 Å². The fourth-order valence-electron chi connectivity index (χ4n) is 2.45. The van der Waals surface area contributed by atoms with Crippen LogP contribution in [-0.2, 0) is 4.74 Å². The highest BCUT2D eigenvalue weighted by atomic mass is 35.5. The number of nitrogens with zero attached hydrogens (tertiary/aromatic N) is 2. The van der Waals surface area contributed by atoms with Crippen molar-refractivity contribution in [1.29, 1.82) is 0 Å². The largest absolute Gasteiger partial charge is 0.489 e. The second-order valence-electron chi connectivity index (χ2n) is 5.53. The molecule has 0 aromatic heterocycles. The highest BCUT2D eigenvalue weighted by Crippen LogP contribution is 2.27. The summed E-state index contributed by atoms with van der Waals surface area (Å²) in [6.07, 6.45) is -0.939. The third-order valence-corrected chi connectivity index (χ3v) is 4.24. The predicted molar refractivity (Wildman–Crippen MR) is 93.0 cm³/mol. The average Bonchev–Trinajstić information content (AvgIpc) is 2.56. The summed E-state index contributed by atoms with van der Waals surface area (Å²) in [4.78, 5) is 15.4. The number of hydrogen-bond donors (Lipinski definition) is 1. The Morgan fingerprint density at radius 3 is 2.67 bits per heavy atom. The van der Waals surface area contributed by atoms with Crippen LogP contribution in [0.4, 0.5) is 4.79 Å². The van der Waals surface area contributed by atoms with E-state index in [0.717, 1.165) is 0 Å². The molecule has 1 N–H and O–H groups in total. The number of aliphatic hydroxyl groups is 1. The molecule has 1 heterocycles. The van der Waals surface area contributed by atoms with Gasteiger partial charge in [-0.1, -0.05) is 23.2 Å². The van der Waals surface area contributed by atoms with Crippen molar-refractivity contribution in [3.8, 4) is 5.75 Å². The summed E-state index contributed by atoms with van der Waals surface area (Å²) in [5.41, 5.74) is 0. The number of carbonyl (C=O) groups excluding carboxylic acids is 1. The third-order valence-electron chi connectivity index (χ3n) is 3.69. The van der Waals surface area contributed by atoms with Gasteiger partial charge in [0.15, 0.2) is 0 Å². The lowest BCUT2D eigenvalue weighted by molar-refractivity contribution is 0.0408. The van der Waals surface area contributed by atoms with Gasteiger partial charge >= 0.3 is 6.09 Å². The Bertz CT molecular complexity index is 551. The molecule has 24 heavy (non-hydrogen) atoms. The molecule has 1 aliphatic heterocycles. The molecule has 0 saturated carbocycles. The van der Waals surface area contributed by atoms with Gasteiger partial charge in [-0.2, -0.15) is 0 Å². The van der Waals surface area contributed by atoms with E-state index < -0.39 is 6.10 Å². The van der Waals surface area contributed by atoms with Crippen molar-refractivity contribution in [3.63, 3.8) is 0 Å². The summed E-state index contributed by atoms with van der Waals surface area (Å²) in [5.74, 6) is 0.454. The number of ether oxygens (including phenoxy) is 2. The zero-order valence-electron chi connectivity index (χ0n) is 13.6. The lowest BCUT2D eigenvalue weighted by atomic mass is 10.2. The highest BCUT2D eigenvalue weighted by molar-refractivity contribution is 6.34. The first-order valence-electron chi connectivity index (χ1n) is 7.89. The highest BCUT2D eigenvalue weighted by Gasteiger charge is 2.23. The summed E-state index contributed by atoms with van der Waals surface area (Å²) < 4.78 is 10.5. The quantitative estimate of drug-likeness (QED) is 0.826. The fraction of sp³-hybridized carbons (Fsp3) is 0.562. The minimum absolute atomic E-state index is 0.123. The Kier molecular flexibility index (Phi) is 7.42. The maximum absolute atomic E-state index is 11.6. The van der Waals surface area contributed by atoms with Crippen LogP contribution in [0, 0.1) is 0 Å². The van der Waals surface area contributed by atoms with Crippen LogP contribution in [0.3, 0.4) is 0 Å². The maximum Gasteiger partial charge on any atom is 0.409 e. The van der Waals surface area contributed by atoms with Crippen molar-refractivity contribution < 1.29 is 19.4 Å². The molecular weight excluding hydrogens is 355 g/mol. The number of hydrogen-bond acceptors (Lipinski definition) is 5. The van der Waals surface area contributed by atoms with Crippen LogP contribution in [0.5, 0.6) is 5.75 Å². The minimum atomic E-state index is -0.658. The second-order valence-corrected chi connectivity index (χ2v) is 6.37. The molecule has 2 rings (SSSR count). The Morgan fingerprint density at radius 1 is 1.29 bits per heavy atom. The summed E-state index contributed by atoms with van der Waals surface area (Å²) in [6, 6.07) is 4.95. The van der Waals surface area contributed by atoms with Gasteiger partial charge in [-0.3, -0.25) is 4.90 Å². The number of amides is 1. The molecule has 0 spiro atoms. The van der Waals surface area contributed by atoms with E-state index in [0.29, 0.717) is 55.1 Å². The molecule has 1 aromatic carbocycles. The van der Waals surface area contributed by atoms with Crippen molar-refractivity contribution in [2.45, 2.75) is 13.0 Å². The second kappa shape index (κ2) is 9.32. The van der Waals surface area contributed by atoms with E-state index in [4.69, 9.17) is 32.7 Å². The van der Waals surface area contributed by atoms with Gasteiger partial charge in [0.1, 0.15) is 18.5 Å². The number of β-amino-alcohol motifs (C(OH)–C–C–N with tert-alkyl or cyclic N) is 1. The molecular formula is C16H22Cl2N2O4. The first kappa shape index (κ1) is 19.1. The van der Waals surface area contributed by atoms with Crippen LogP contribution >= 0.6 is 23.2 Å². The van der Waals surface area contributed by atoms with Crippen LogP contribution in [0.15, 0.2) is 18.2 Å². The first-order chi connectivity index (χ1) is 11.5. The lowest BCUT2D eigenvalue weighted by Crippen LogP contribution is -2.51. The molecule has 0 aliphatic carbocycles. The van der Waals surface area contributed by atoms with Crippen molar-refractivity contribution >= 4 is 29.3 Å². The number of aliphatic hydroxyl groups excluding tert-OH is 1. The monoisotopic (exact) mass is 376 g/mol. The molecule has 1 amide bonds. The molecule has 8 heteroatoms. The van der Waals surface area contributed by atoms with Crippen molar-refractivity contribution in [3.05, 3.63) is 28.2 Å². The van der Waals surface area contributed by atoms with Crippen LogP contribution < -0.4 is 4.74 Å². The van der Waals surface area contributed by atoms with Crippen LogP contribution in [0.25, 0.3) is 0 Å². The SMILES string of the molecule is CCOC(=O)N1CCN(CC(O)COc2cc(Cl)ccc2Cl)CC1. The van der Waals surface area contributed by atoms with Crippen molar-refractivity contribution in [2.24, 2.45) is 0 Å². The number of piperazine rings is 1. The maximum atomic E-state index is 11.6. The van der Waals surface area contributed by atoms with E-state index in [2.05, 4.69) is 4.90 Å². The van der Waals surface area contributed by atoms with E-state index in [9.17, 15) is 9.90 Å². The number of benzene rings is 1. The summed E-state index contributed by atoms with van der Waals surface area (Å²) in [7, 11) is 0. The van der Waals surface area contributed by atoms with E-state index in [1.165, 1.54) is 0 Å². The molecule has 0 radical (unpaired) electrons. The van der Waals surface area contributed by atoms with E-state index in [1.807, 2.05) is 0 Å². The minimum Gasteiger partial charge on any atom is -0.489 e. The van der Waals surface area contributed by atoms with Gasteiger partial charge < -0.3 is 19.5 Å². The van der Waals surface area contributed by atoms with Crippen LogP contribution in [0.1, 0.15) is 6.92 Å². The van der Waals surface area contributed by atoms with E-state index in [1.54, 1.807) is 30.0 Å². The van der Waals surface area contributed by atoms with Crippen LogP contribution in [-0.4, -0.2) is 73.0 Å². The van der Waals surface area contributed by atoms with Gasteiger partial charge in [-0.15, -0.1) is 0 Å². The summed E-state index contributed by atoms with van der Waals surface area (Å²) in [5, 5.41) is 11.1. The molecule has 134 valence electrons. The molecule has 1 aliphatic rings. The van der Waals surface area contributed by atoms with Gasteiger partial charge in [0.05, 0.1) is 11.6 Å². The molecule has 1 aromatic rings. The Morgan fingerprint density at radius 2 is 2.00 bits per heavy atom. The van der Waals surface area contributed by atoms with E-state index >= 15 is 0 Å². The number of carbonyl (C=O) groups is 1. The summed E-state index contributed by atoms with van der Waals surface area (Å²) >= 11 is 11.9.